The van der Waals surface area contributed by atoms with Gasteiger partial charge in [0.05, 0.1) is 11.9 Å². The summed E-state index contributed by atoms with van der Waals surface area (Å²) >= 11 is 0. The predicted octanol–water partition coefficient (Wildman–Crippen LogP) is 2.42. The van der Waals surface area contributed by atoms with Crippen molar-refractivity contribution >= 4 is 17.2 Å². The lowest BCUT2D eigenvalue weighted by atomic mass is 10.2. The molecule has 0 spiro atoms. The van der Waals surface area contributed by atoms with Gasteiger partial charge in [-0.15, -0.1) is 0 Å². The highest BCUT2D eigenvalue weighted by atomic mass is 16.3. The number of aromatic hydroxyl groups is 1. The minimum Gasteiger partial charge on any atom is -0.508 e. The van der Waals surface area contributed by atoms with E-state index in [1.165, 1.54) is 0 Å². The van der Waals surface area contributed by atoms with Crippen LogP contribution >= 0.6 is 0 Å². The summed E-state index contributed by atoms with van der Waals surface area (Å²) in [5.74, 6) is 0.976. The zero-order valence-corrected chi connectivity index (χ0v) is 8.94. The van der Waals surface area contributed by atoms with E-state index in [1.807, 2.05) is 13.0 Å². The van der Waals surface area contributed by atoms with Crippen LogP contribution < -0.4 is 11.1 Å². The Bertz CT molecular complexity index is 494. The van der Waals surface area contributed by atoms with Crippen molar-refractivity contribution in [2.24, 2.45) is 0 Å². The fourth-order valence-electron chi connectivity index (χ4n) is 1.33. The van der Waals surface area contributed by atoms with E-state index in [9.17, 15) is 0 Å². The predicted molar refractivity (Wildman–Crippen MR) is 64.8 cm³/mol. The fraction of sp³-hybridized carbons (Fsp3) is 0.0833. The van der Waals surface area contributed by atoms with Gasteiger partial charge in [0.2, 0.25) is 0 Å². The summed E-state index contributed by atoms with van der Waals surface area (Å²) in [5.41, 5.74) is 8.21. The van der Waals surface area contributed by atoms with Crippen LogP contribution in [0, 0.1) is 6.92 Å². The molecule has 1 heterocycles. The highest BCUT2D eigenvalue weighted by molar-refractivity contribution is 5.60. The minimum absolute atomic E-state index is 0.243. The first kappa shape index (κ1) is 10.3. The molecule has 0 fully saturated rings. The number of hydrogen-bond donors (Lipinski definition) is 3. The first-order valence-electron chi connectivity index (χ1n) is 4.93. The lowest BCUT2D eigenvalue weighted by Gasteiger charge is -2.07. The van der Waals surface area contributed by atoms with E-state index in [0.29, 0.717) is 5.69 Å². The molecule has 4 nitrogen and oxygen atoms in total. The standard InChI is InChI=1S/C12H13N3O/c1-8-6-12(14-7-11(8)13)15-9-2-4-10(16)5-3-9/h2-7,16H,13H2,1H3,(H,14,15). The molecule has 0 saturated carbocycles. The van der Waals surface area contributed by atoms with E-state index in [4.69, 9.17) is 10.8 Å². The molecule has 0 bridgehead atoms. The molecule has 0 unspecified atom stereocenters. The van der Waals surface area contributed by atoms with Crippen LogP contribution in [0.5, 0.6) is 5.75 Å². The summed E-state index contributed by atoms with van der Waals surface area (Å²) in [5, 5.41) is 12.3. The van der Waals surface area contributed by atoms with E-state index >= 15 is 0 Å². The first-order chi connectivity index (χ1) is 7.65. The number of phenolic OH excluding ortho intramolecular Hbond substituents is 1. The van der Waals surface area contributed by atoms with Crippen LogP contribution in [0.25, 0.3) is 0 Å². The van der Waals surface area contributed by atoms with Crippen LogP contribution in [-0.2, 0) is 0 Å². The van der Waals surface area contributed by atoms with Crippen molar-refractivity contribution in [2.75, 3.05) is 11.1 Å². The van der Waals surface area contributed by atoms with Crippen molar-refractivity contribution in [1.29, 1.82) is 0 Å². The number of benzene rings is 1. The molecular weight excluding hydrogens is 202 g/mol. The van der Waals surface area contributed by atoms with Crippen LogP contribution in [-0.4, -0.2) is 10.1 Å². The first-order valence-corrected chi connectivity index (χ1v) is 4.93. The molecule has 2 aromatic rings. The minimum atomic E-state index is 0.243. The second-order valence-corrected chi connectivity index (χ2v) is 3.60. The Kier molecular flexibility index (Phi) is 2.64. The summed E-state index contributed by atoms with van der Waals surface area (Å²) in [6.45, 7) is 1.93. The number of aryl methyl sites for hydroxylation is 1. The van der Waals surface area contributed by atoms with Crippen molar-refractivity contribution in [3.05, 3.63) is 42.1 Å². The number of nitrogens with zero attached hydrogens (tertiary/aromatic N) is 1. The molecule has 0 saturated heterocycles. The molecular formula is C12H13N3O. The summed E-state index contributed by atoms with van der Waals surface area (Å²) in [6.07, 6.45) is 1.62. The molecule has 0 atom stereocenters. The third-order valence-corrected chi connectivity index (χ3v) is 2.29. The third-order valence-electron chi connectivity index (χ3n) is 2.29. The van der Waals surface area contributed by atoms with Gasteiger partial charge in [-0.1, -0.05) is 0 Å². The van der Waals surface area contributed by atoms with Crippen molar-refractivity contribution < 1.29 is 5.11 Å². The SMILES string of the molecule is Cc1cc(Nc2ccc(O)cc2)ncc1N. The van der Waals surface area contributed by atoms with E-state index in [2.05, 4.69) is 10.3 Å². The number of anilines is 3. The fourth-order valence-corrected chi connectivity index (χ4v) is 1.33. The second kappa shape index (κ2) is 4.10. The third kappa shape index (κ3) is 2.23. The summed E-state index contributed by atoms with van der Waals surface area (Å²) < 4.78 is 0. The summed E-state index contributed by atoms with van der Waals surface area (Å²) in [7, 11) is 0. The Morgan fingerprint density at radius 1 is 1.25 bits per heavy atom. The summed E-state index contributed by atoms with van der Waals surface area (Å²) in [4.78, 5) is 4.16. The molecule has 0 radical (unpaired) electrons. The lowest BCUT2D eigenvalue weighted by molar-refractivity contribution is 0.475. The quantitative estimate of drug-likeness (QED) is 0.673. The van der Waals surface area contributed by atoms with E-state index in [1.54, 1.807) is 30.5 Å². The molecule has 16 heavy (non-hydrogen) atoms. The molecule has 0 aliphatic carbocycles. The average Bonchev–Trinajstić information content (AvgIpc) is 2.27. The zero-order chi connectivity index (χ0) is 11.5. The maximum atomic E-state index is 9.14. The van der Waals surface area contributed by atoms with Crippen molar-refractivity contribution in [3.63, 3.8) is 0 Å². The Balaban J connectivity index is 2.20. The van der Waals surface area contributed by atoms with Gasteiger partial charge < -0.3 is 16.2 Å². The molecule has 82 valence electrons. The van der Waals surface area contributed by atoms with Gasteiger partial charge in [-0.3, -0.25) is 0 Å². The Labute approximate surface area is 93.8 Å². The number of pyridine rings is 1. The van der Waals surface area contributed by atoms with E-state index in [-0.39, 0.29) is 5.75 Å². The number of hydrogen-bond acceptors (Lipinski definition) is 4. The van der Waals surface area contributed by atoms with Gasteiger partial charge in [0.1, 0.15) is 11.6 Å². The maximum Gasteiger partial charge on any atom is 0.130 e. The average molecular weight is 215 g/mol. The topological polar surface area (TPSA) is 71.2 Å². The van der Waals surface area contributed by atoms with Gasteiger partial charge in [0, 0.05) is 5.69 Å². The lowest BCUT2D eigenvalue weighted by Crippen LogP contribution is -1.96. The molecule has 1 aromatic heterocycles. The van der Waals surface area contributed by atoms with Gasteiger partial charge >= 0.3 is 0 Å². The Morgan fingerprint density at radius 3 is 2.56 bits per heavy atom. The number of nitrogens with two attached hydrogens (primary N) is 1. The van der Waals surface area contributed by atoms with Gasteiger partial charge in [-0.05, 0) is 42.8 Å². The van der Waals surface area contributed by atoms with Gasteiger partial charge in [-0.2, -0.15) is 0 Å². The normalized spacial score (nSPS) is 10.1. The largest absolute Gasteiger partial charge is 0.508 e. The maximum absolute atomic E-state index is 9.14. The second-order valence-electron chi connectivity index (χ2n) is 3.60. The Hall–Kier alpha value is -2.23. The zero-order valence-electron chi connectivity index (χ0n) is 8.94. The molecule has 0 amide bonds. The molecule has 0 aliphatic rings. The molecule has 4 N–H and O–H groups in total. The van der Waals surface area contributed by atoms with Crippen molar-refractivity contribution in [3.8, 4) is 5.75 Å². The molecule has 0 aliphatic heterocycles. The van der Waals surface area contributed by atoms with Gasteiger partial charge in [0.15, 0.2) is 0 Å². The van der Waals surface area contributed by atoms with Crippen molar-refractivity contribution in [2.45, 2.75) is 6.92 Å². The smallest absolute Gasteiger partial charge is 0.130 e. The van der Waals surface area contributed by atoms with Gasteiger partial charge in [-0.25, -0.2) is 4.98 Å². The highest BCUT2D eigenvalue weighted by Gasteiger charge is 1.99. The van der Waals surface area contributed by atoms with E-state index < -0.39 is 0 Å². The van der Waals surface area contributed by atoms with Crippen LogP contribution in [0.4, 0.5) is 17.2 Å². The van der Waals surface area contributed by atoms with Crippen LogP contribution in [0.3, 0.4) is 0 Å². The number of nitrogen functional groups attached to an aromatic ring is 1. The van der Waals surface area contributed by atoms with Crippen LogP contribution in [0.1, 0.15) is 5.56 Å². The van der Waals surface area contributed by atoms with Gasteiger partial charge in [0.25, 0.3) is 0 Å². The number of rotatable bonds is 2. The van der Waals surface area contributed by atoms with Crippen molar-refractivity contribution in [1.82, 2.24) is 4.98 Å². The molecule has 4 heteroatoms. The number of phenols is 1. The number of aromatic nitrogens is 1. The highest BCUT2D eigenvalue weighted by Crippen LogP contribution is 2.20. The van der Waals surface area contributed by atoms with Crippen LogP contribution in [0.2, 0.25) is 0 Å². The van der Waals surface area contributed by atoms with E-state index in [0.717, 1.165) is 17.1 Å². The summed E-state index contributed by atoms with van der Waals surface area (Å²) in [6, 6.07) is 8.67. The monoisotopic (exact) mass is 215 g/mol. The molecule has 1 aromatic carbocycles. The Morgan fingerprint density at radius 2 is 1.94 bits per heavy atom. The molecule has 2 rings (SSSR count). The van der Waals surface area contributed by atoms with Crippen LogP contribution in [0.15, 0.2) is 36.5 Å². The number of nitrogens with one attached hydrogen (secondary N) is 1.